The first kappa shape index (κ1) is 30.7. The second kappa shape index (κ2) is 13.3. The van der Waals surface area contributed by atoms with Gasteiger partial charge in [0.1, 0.15) is 30.3 Å². The molecule has 44 heavy (non-hydrogen) atoms. The molecule has 0 aliphatic carbocycles. The van der Waals surface area contributed by atoms with Crippen LogP contribution < -0.4 is 19.7 Å². The number of carbonyl (C=O) groups is 3. The van der Waals surface area contributed by atoms with Gasteiger partial charge in [0.25, 0.3) is 11.8 Å². The van der Waals surface area contributed by atoms with Crippen molar-refractivity contribution < 1.29 is 34.1 Å². The van der Waals surface area contributed by atoms with Crippen LogP contribution in [-0.2, 0) is 6.42 Å². The summed E-state index contributed by atoms with van der Waals surface area (Å²) < 4.78 is 11.9. The number of imide groups is 1. The molecule has 0 radical (unpaired) electrons. The van der Waals surface area contributed by atoms with Gasteiger partial charge in [-0.1, -0.05) is 30.3 Å². The number of benzene rings is 4. The third-order valence-electron chi connectivity index (χ3n) is 7.64. The summed E-state index contributed by atoms with van der Waals surface area (Å²) in [5.41, 5.74) is 4.57. The minimum atomic E-state index is -0.945. The third-order valence-corrected chi connectivity index (χ3v) is 7.64. The second-order valence-electron chi connectivity index (χ2n) is 10.6. The summed E-state index contributed by atoms with van der Waals surface area (Å²) >= 11 is 0. The second-order valence-corrected chi connectivity index (χ2v) is 10.6. The maximum absolute atomic E-state index is 12.7. The van der Waals surface area contributed by atoms with Gasteiger partial charge in [0.05, 0.1) is 22.4 Å². The van der Waals surface area contributed by atoms with Crippen LogP contribution in [0.5, 0.6) is 11.5 Å². The minimum absolute atomic E-state index is 0. The van der Waals surface area contributed by atoms with Crippen molar-refractivity contribution in [2.75, 3.05) is 24.6 Å². The maximum Gasteiger partial charge on any atom is 0.335 e. The standard InChI is InChI=1S/C34H30N2O7.ClH/c37-26(20-42-27-14-11-25(12-15-27)36-32(38)29-3-1-2-4-30(29)33(36)39)18-35-19-28-13-9-24-17-23(10-16-31(24)43-28)21-5-7-22(8-6-21)34(40)41;/h1-8,10-12,14-17,26,28,35,37H,9,13,18-20H2,(H,40,41);1H/t26-,28+;/m0./s1. The van der Waals surface area contributed by atoms with E-state index in [-0.39, 0.29) is 42.5 Å². The van der Waals surface area contributed by atoms with Crippen LogP contribution in [0.2, 0.25) is 0 Å². The zero-order chi connectivity index (χ0) is 29.9. The predicted molar refractivity (Wildman–Crippen MR) is 167 cm³/mol. The van der Waals surface area contributed by atoms with Gasteiger partial charge in [-0.15, -0.1) is 12.4 Å². The van der Waals surface area contributed by atoms with E-state index in [1.165, 1.54) is 0 Å². The van der Waals surface area contributed by atoms with Crippen molar-refractivity contribution in [3.63, 3.8) is 0 Å². The summed E-state index contributed by atoms with van der Waals surface area (Å²) in [6.07, 6.45) is 0.899. The normalized spacial score (nSPS) is 15.9. The van der Waals surface area contributed by atoms with Crippen LogP contribution in [0, 0.1) is 0 Å². The molecule has 0 saturated heterocycles. The predicted octanol–water partition coefficient (Wildman–Crippen LogP) is 5.00. The number of rotatable bonds is 10. The van der Waals surface area contributed by atoms with Gasteiger partial charge in [-0.3, -0.25) is 9.59 Å². The highest BCUT2D eigenvalue weighted by Gasteiger charge is 2.36. The molecule has 0 spiro atoms. The number of carboxylic acids is 1. The first-order chi connectivity index (χ1) is 20.9. The van der Waals surface area contributed by atoms with Gasteiger partial charge in [0, 0.05) is 13.1 Å². The molecule has 9 nitrogen and oxygen atoms in total. The van der Waals surface area contributed by atoms with Crippen molar-refractivity contribution in [1.82, 2.24) is 5.32 Å². The molecule has 0 aromatic heterocycles. The van der Waals surface area contributed by atoms with Crippen LogP contribution in [0.1, 0.15) is 43.1 Å². The lowest BCUT2D eigenvalue weighted by Crippen LogP contribution is -2.39. The van der Waals surface area contributed by atoms with Gasteiger partial charge in [-0.25, -0.2) is 9.69 Å². The highest BCUT2D eigenvalue weighted by atomic mass is 35.5. The largest absolute Gasteiger partial charge is 0.491 e. The lowest BCUT2D eigenvalue weighted by Gasteiger charge is -2.27. The summed E-state index contributed by atoms with van der Waals surface area (Å²) in [4.78, 5) is 37.6. The van der Waals surface area contributed by atoms with Gasteiger partial charge >= 0.3 is 5.97 Å². The fourth-order valence-corrected chi connectivity index (χ4v) is 5.35. The number of halogens is 1. The SMILES string of the molecule is Cl.O=C(O)c1ccc(-c2ccc3c(c2)CC[C@H](CNC[C@H](O)COc2ccc(N4C(=O)c5ccccc5C4=O)cc2)O3)cc1. The lowest BCUT2D eigenvalue weighted by atomic mass is 9.96. The molecule has 3 N–H and O–H groups in total. The fourth-order valence-electron chi connectivity index (χ4n) is 5.35. The van der Waals surface area contributed by atoms with E-state index >= 15 is 0 Å². The quantitative estimate of drug-likeness (QED) is 0.213. The Balaban J connectivity index is 0.00000384. The van der Waals surface area contributed by atoms with Crippen LogP contribution in [0.15, 0.2) is 91.0 Å². The van der Waals surface area contributed by atoms with Crippen molar-refractivity contribution in [2.45, 2.75) is 25.0 Å². The lowest BCUT2D eigenvalue weighted by molar-refractivity contribution is 0.0696. The number of ether oxygens (including phenoxy) is 2. The number of nitrogens with zero attached hydrogens (tertiary/aromatic N) is 1. The monoisotopic (exact) mass is 614 g/mol. The molecule has 0 fully saturated rings. The van der Waals surface area contributed by atoms with E-state index in [0.717, 1.165) is 40.2 Å². The van der Waals surface area contributed by atoms with E-state index in [1.54, 1.807) is 60.7 Å². The molecule has 2 amide bonds. The van der Waals surface area contributed by atoms with Crippen molar-refractivity contribution in [2.24, 2.45) is 0 Å². The third kappa shape index (κ3) is 6.45. The molecule has 2 aliphatic rings. The van der Waals surface area contributed by atoms with E-state index in [4.69, 9.17) is 14.6 Å². The Morgan fingerprint density at radius 1 is 0.932 bits per heavy atom. The first-order valence-corrected chi connectivity index (χ1v) is 14.1. The van der Waals surface area contributed by atoms with Gasteiger partial charge in [-0.05, 0) is 90.2 Å². The summed E-state index contributed by atoms with van der Waals surface area (Å²) in [7, 11) is 0. The van der Waals surface area contributed by atoms with Crippen molar-refractivity contribution in [3.05, 3.63) is 113 Å². The molecule has 0 bridgehead atoms. The number of fused-ring (bicyclic) bond motifs is 2. The molecule has 10 heteroatoms. The highest BCUT2D eigenvalue weighted by Crippen LogP contribution is 2.32. The average molecular weight is 615 g/mol. The topological polar surface area (TPSA) is 125 Å². The van der Waals surface area contributed by atoms with Gasteiger partial charge in [-0.2, -0.15) is 0 Å². The maximum atomic E-state index is 12.7. The van der Waals surface area contributed by atoms with Gasteiger partial charge in [0.15, 0.2) is 0 Å². The molecule has 0 saturated carbocycles. The molecule has 4 aromatic rings. The van der Waals surface area contributed by atoms with Crippen LogP contribution in [0.3, 0.4) is 0 Å². The Labute approximate surface area is 260 Å². The number of anilines is 1. The molecule has 6 rings (SSSR count). The Morgan fingerprint density at radius 3 is 2.25 bits per heavy atom. The summed E-state index contributed by atoms with van der Waals surface area (Å²) in [5.74, 6) is -0.299. The van der Waals surface area contributed by atoms with Gasteiger partial charge in [0.2, 0.25) is 0 Å². The zero-order valence-electron chi connectivity index (χ0n) is 23.6. The number of aliphatic hydroxyl groups is 1. The fraction of sp³-hybridized carbons (Fsp3) is 0.206. The molecular weight excluding hydrogens is 584 g/mol. The minimum Gasteiger partial charge on any atom is -0.491 e. The van der Waals surface area contributed by atoms with Crippen LogP contribution in [0.25, 0.3) is 11.1 Å². The Morgan fingerprint density at radius 2 is 1.59 bits per heavy atom. The number of hydrogen-bond acceptors (Lipinski definition) is 7. The summed E-state index contributed by atoms with van der Waals surface area (Å²) in [5, 5.41) is 22.8. The van der Waals surface area contributed by atoms with Gasteiger partial charge < -0.3 is 25.0 Å². The Kier molecular flexibility index (Phi) is 9.29. The van der Waals surface area contributed by atoms with Crippen molar-refractivity contribution in [3.8, 4) is 22.6 Å². The average Bonchev–Trinajstić information content (AvgIpc) is 3.29. The number of carbonyl (C=O) groups excluding carboxylic acids is 2. The van der Waals surface area contributed by atoms with E-state index in [0.29, 0.717) is 35.7 Å². The smallest absolute Gasteiger partial charge is 0.335 e. The number of aliphatic hydroxyl groups excluding tert-OH is 1. The first-order valence-electron chi connectivity index (χ1n) is 14.1. The molecule has 0 unspecified atom stereocenters. The van der Waals surface area contributed by atoms with Crippen LogP contribution >= 0.6 is 12.4 Å². The van der Waals surface area contributed by atoms with E-state index < -0.39 is 12.1 Å². The molecular formula is C34H31ClN2O7. The highest BCUT2D eigenvalue weighted by molar-refractivity contribution is 6.34. The van der Waals surface area contributed by atoms with Crippen LogP contribution in [0.4, 0.5) is 5.69 Å². The Bertz CT molecular complexity index is 1640. The number of nitrogens with one attached hydrogen (secondary N) is 1. The number of aryl methyl sites for hydroxylation is 1. The van der Waals surface area contributed by atoms with E-state index in [9.17, 15) is 19.5 Å². The number of aromatic carboxylic acids is 1. The van der Waals surface area contributed by atoms with E-state index in [2.05, 4.69) is 11.4 Å². The summed E-state index contributed by atoms with van der Waals surface area (Å²) in [6.45, 7) is 0.971. The van der Waals surface area contributed by atoms with E-state index in [1.807, 2.05) is 24.3 Å². The molecule has 2 heterocycles. The number of amides is 2. The molecule has 226 valence electrons. The zero-order valence-corrected chi connectivity index (χ0v) is 24.5. The van der Waals surface area contributed by atoms with Crippen LogP contribution in [-0.4, -0.2) is 59.9 Å². The molecule has 2 aliphatic heterocycles. The van der Waals surface area contributed by atoms with Crippen molar-refractivity contribution >= 4 is 35.9 Å². The Hall–Kier alpha value is -4.70. The number of carboxylic acid groups (broad SMARTS) is 1. The molecule has 2 atom stereocenters. The molecule has 4 aromatic carbocycles. The summed E-state index contributed by atoms with van der Waals surface area (Å²) in [6, 6.07) is 26.2. The van der Waals surface area contributed by atoms with Crippen molar-refractivity contribution in [1.29, 1.82) is 0 Å². The number of hydrogen-bond donors (Lipinski definition) is 3.